The molecule has 0 bridgehead atoms. The van der Waals surface area contributed by atoms with E-state index in [0.717, 1.165) is 10.5 Å². The number of likely N-dealkylation sites (N-methyl/N-ethyl adjacent to an activating group) is 2. The van der Waals surface area contributed by atoms with Crippen LogP contribution in [-0.4, -0.2) is 77.5 Å². The number of amides is 3. The highest BCUT2D eigenvalue weighted by Crippen LogP contribution is 2.18. The third kappa shape index (κ3) is 6.90. The average molecular weight is 498 g/mol. The Hall–Kier alpha value is -3.75. The Morgan fingerprint density at radius 2 is 1.58 bits per heavy atom. The summed E-state index contributed by atoms with van der Waals surface area (Å²) >= 11 is 0. The predicted octanol–water partition coefficient (Wildman–Crippen LogP) is 0.601. The summed E-state index contributed by atoms with van der Waals surface area (Å²) in [6.45, 7) is 1.78. The van der Waals surface area contributed by atoms with Crippen molar-refractivity contribution in [3.8, 4) is 11.8 Å². The fourth-order valence-electron chi connectivity index (χ4n) is 3.24. The number of rotatable bonds is 10. The molecule has 0 heterocycles. The van der Waals surface area contributed by atoms with Crippen LogP contribution in [0.3, 0.4) is 0 Å². The molecule has 36 heavy (non-hydrogen) atoms. The molecular weight excluding hydrogens is 466 g/mol. The van der Waals surface area contributed by atoms with Crippen molar-refractivity contribution in [2.24, 2.45) is 0 Å². The molecule has 0 aliphatic carbocycles. The minimum atomic E-state index is -1.97. The number of aliphatic hydroxyl groups excluding tert-OH is 2. The summed E-state index contributed by atoms with van der Waals surface area (Å²) in [6.07, 6.45) is -0.258. The van der Waals surface area contributed by atoms with Crippen molar-refractivity contribution in [2.45, 2.75) is 25.0 Å². The van der Waals surface area contributed by atoms with E-state index in [1.54, 1.807) is 36.4 Å². The highest BCUT2D eigenvalue weighted by atomic mass is 16.5. The lowest BCUT2D eigenvalue weighted by Gasteiger charge is -2.34. The van der Waals surface area contributed by atoms with Crippen molar-refractivity contribution >= 4 is 17.7 Å². The quantitative estimate of drug-likeness (QED) is 0.106. The van der Waals surface area contributed by atoms with Gasteiger partial charge in [-0.15, -0.1) is 0 Å². The lowest BCUT2D eigenvalue weighted by molar-refractivity contribution is -0.148. The Bertz CT molecular complexity index is 1090. The lowest BCUT2D eigenvalue weighted by atomic mass is 9.96. The number of carbonyl (C=O) groups is 3. The van der Waals surface area contributed by atoms with E-state index in [-0.39, 0.29) is 18.8 Å². The number of aliphatic hydroxyl groups is 2. The monoisotopic (exact) mass is 497 g/mol. The number of nitrogens with one attached hydrogen (secondary N) is 2. The number of carbonyl (C=O) groups excluding carboxylic acids is 3. The van der Waals surface area contributed by atoms with Crippen molar-refractivity contribution in [3.63, 3.8) is 0 Å². The number of nitrogens with zero attached hydrogens (tertiary/aromatic N) is 1. The van der Waals surface area contributed by atoms with Gasteiger partial charge >= 0.3 is 0 Å². The first-order chi connectivity index (χ1) is 17.2. The highest BCUT2D eigenvalue weighted by Gasteiger charge is 2.47. The van der Waals surface area contributed by atoms with Gasteiger partial charge in [0.05, 0.1) is 6.61 Å². The van der Waals surface area contributed by atoms with Gasteiger partial charge < -0.3 is 25.2 Å². The normalized spacial score (nSPS) is 12.9. The van der Waals surface area contributed by atoms with E-state index in [9.17, 15) is 19.5 Å². The number of hydrogen-bond acceptors (Lipinski definition) is 7. The van der Waals surface area contributed by atoms with Gasteiger partial charge in [0.15, 0.2) is 5.54 Å². The molecule has 10 heteroatoms. The molecule has 0 saturated carbocycles. The Morgan fingerprint density at radius 3 is 2.08 bits per heavy atom. The predicted molar refractivity (Wildman–Crippen MR) is 131 cm³/mol. The SMILES string of the molecule is CNC(=O)[C@@](C)(C(=O)NO)N(C)C(=O)c1ccc(C#Cc2ccc(C(O)COCCCO)cc2)cc1. The fraction of sp³-hybridized carbons (Fsp3) is 0.346. The summed E-state index contributed by atoms with van der Waals surface area (Å²) in [6, 6.07) is 13.4. The summed E-state index contributed by atoms with van der Waals surface area (Å²) in [5, 5.41) is 30.3. The molecule has 0 aliphatic rings. The van der Waals surface area contributed by atoms with E-state index in [1.807, 2.05) is 0 Å². The van der Waals surface area contributed by atoms with Crippen LogP contribution in [0.15, 0.2) is 48.5 Å². The number of hydrogen-bond donors (Lipinski definition) is 5. The maximum absolute atomic E-state index is 12.9. The molecule has 192 valence electrons. The minimum absolute atomic E-state index is 0.0417. The summed E-state index contributed by atoms with van der Waals surface area (Å²) in [7, 11) is 2.62. The highest BCUT2D eigenvalue weighted by molar-refractivity contribution is 6.12. The van der Waals surface area contributed by atoms with Gasteiger partial charge in [-0.3, -0.25) is 19.6 Å². The second-order valence-corrected chi connectivity index (χ2v) is 8.07. The summed E-state index contributed by atoms with van der Waals surface area (Å²) in [5.41, 5.74) is 1.74. The Morgan fingerprint density at radius 1 is 1.03 bits per heavy atom. The van der Waals surface area contributed by atoms with Crippen LogP contribution in [0.2, 0.25) is 0 Å². The van der Waals surface area contributed by atoms with Crippen LogP contribution in [0, 0.1) is 11.8 Å². The molecule has 2 rings (SSSR count). The first-order valence-corrected chi connectivity index (χ1v) is 11.2. The van der Waals surface area contributed by atoms with Crippen molar-refractivity contribution in [2.75, 3.05) is 33.9 Å². The van der Waals surface area contributed by atoms with Crippen LogP contribution in [0.1, 0.15) is 46.5 Å². The number of hydroxylamine groups is 1. The zero-order valence-electron chi connectivity index (χ0n) is 20.4. The molecule has 2 atom stereocenters. The van der Waals surface area contributed by atoms with Gasteiger partial charge in [-0.25, -0.2) is 5.48 Å². The van der Waals surface area contributed by atoms with Crippen molar-refractivity contribution < 1.29 is 34.5 Å². The van der Waals surface area contributed by atoms with Gasteiger partial charge in [-0.1, -0.05) is 24.0 Å². The summed E-state index contributed by atoms with van der Waals surface area (Å²) < 4.78 is 5.30. The lowest BCUT2D eigenvalue weighted by Crippen LogP contribution is -2.64. The van der Waals surface area contributed by atoms with Crippen LogP contribution in [-0.2, 0) is 14.3 Å². The van der Waals surface area contributed by atoms with Crippen molar-refractivity contribution in [1.29, 1.82) is 0 Å². The summed E-state index contributed by atoms with van der Waals surface area (Å²) in [5.74, 6) is 3.59. The fourth-order valence-corrected chi connectivity index (χ4v) is 3.24. The van der Waals surface area contributed by atoms with E-state index in [1.165, 1.54) is 38.6 Å². The Kier molecular flexibility index (Phi) is 10.6. The zero-order valence-corrected chi connectivity index (χ0v) is 20.4. The maximum atomic E-state index is 12.9. The molecule has 2 aromatic rings. The van der Waals surface area contributed by atoms with Crippen LogP contribution in [0.5, 0.6) is 0 Å². The van der Waals surface area contributed by atoms with E-state index in [0.29, 0.717) is 24.2 Å². The Labute approximate surface area is 209 Å². The molecule has 0 aliphatic heterocycles. The molecular formula is C26H31N3O7. The van der Waals surface area contributed by atoms with Gasteiger partial charge in [0.25, 0.3) is 17.7 Å². The topological polar surface area (TPSA) is 148 Å². The largest absolute Gasteiger partial charge is 0.396 e. The number of benzene rings is 2. The standard InChI is InChI=1S/C26H31N3O7/c1-26(24(33)27-2,25(34)28-35)29(3)23(32)21-13-9-19(10-14-21)6-5-18-7-11-20(12-8-18)22(31)17-36-16-4-15-30/h7-14,22,30-31,35H,4,15-17H2,1-3H3,(H,27,33)(H,28,34)/t22?,26-/m0/s1. The first-order valence-electron chi connectivity index (χ1n) is 11.2. The van der Waals surface area contributed by atoms with Gasteiger partial charge in [-0.2, -0.15) is 0 Å². The van der Waals surface area contributed by atoms with E-state index in [2.05, 4.69) is 17.2 Å². The smallest absolute Gasteiger partial charge is 0.278 e. The molecule has 0 fully saturated rings. The van der Waals surface area contributed by atoms with Crippen LogP contribution >= 0.6 is 0 Å². The second-order valence-electron chi connectivity index (χ2n) is 8.07. The molecule has 3 amide bonds. The minimum Gasteiger partial charge on any atom is -0.396 e. The number of ether oxygens (including phenoxy) is 1. The molecule has 5 N–H and O–H groups in total. The van der Waals surface area contributed by atoms with Crippen LogP contribution < -0.4 is 10.8 Å². The van der Waals surface area contributed by atoms with Gasteiger partial charge in [0.2, 0.25) is 0 Å². The molecule has 0 saturated heterocycles. The second kappa shape index (κ2) is 13.4. The van der Waals surface area contributed by atoms with E-state index >= 15 is 0 Å². The maximum Gasteiger partial charge on any atom is 0.278 e. The van der Waals surface area contributed by atoms with E-state index in [4.69, 9.17) is 15.1 Å². The van der Waals surface area contributed by atoms with Crippen LogP contribution in [0.25, 0.3) is 0 Å². The molecule has 10 nitrogen and oxygen atoms in total. The average Bonchev–Trinajstić information content (AvgIpc) is 2.92. The molecule has 2 aromatic carbocycles. The van der Waals surface area contributed by atoms with Crippen molar-refractivity contribution in [1.82, 2.24) is 15.7 Å². The summed E-state index contributed by atoms with van der Waals surface area (Å²) in [4.78, 5) is 38.3. The third-order valence-corrected chi connectivity index (χ3v) is 5.69. The van der Waals surface area contributed by atoms with Gasteiger partial charge in [0, 0.05) is 44.0 Å². The van der Waals surface area contributed by atoms with Gasteiger partial charge in [-0.05, 0) is 55.3 Å². The van der Waals surface area contributed by atoms with Crippen molar-refractivity contribution in [3.05, 3.63) is 70.8 Å². The third-order valence-electron chi connectivity index (χ3n) is 5.69. The molecule has 0 spiro atoms. The molecule has 0 radical (unpaired) electrons. The first kappa shape index (κ1) is 28.5. The zero-order chi connectivity index (χ0) is 26.7. The molecule has 0 aromatic heterocycles. The van der Waals surface area contributed by atoms with E-state index < -0.39 is 29.4 Å². The molecule has 1 unspecified atom stereocenters. The Balaban J connectivity index is 2.09. The van der Waals surface area contributed by atoms with Crippen LogP contribution in [0.4, 0.5) is 0 Å². The van der Waals surface area contributed by atoms with Gasteiger partial charge in [0.1, 0.15) is 6.10 Å².